The summed E-state index contributed by atoms with van der Waals surface area (Å²) < 4.78 is 10.4. The zero-order valence-electron chi connectivity index (χ0n) is 15.4. The average Bonchev–Trinajstić information content (AvgIpc) is 2.95. The standard InChI is InChI=1S/C19H15ClN2O6S/c1-27-15-8-11(7-13(20)17(15)28-2)9-16-18(23)21(19(24)29-16)10-12-5-3-4-6-14(12)22(25)26/h3-9H,10H2,1-2H3/b16-9-. The van der Waals surface area contributed by atoms with E-state index in [4.69, 9.17) is 21.1 Å². The smallest absolute Gasteiger partial charge is 0.293 e. The number of methoxy groups -OCH3 is 2. The third-order valence-electron chi connectivity index (χ3n) is 4.14. The molecule has 0 atom stereocenters. The molecule has 0 spiro atoms. The van der Waals surface area contributed by atoms with E-state index in [0.29, 0.717) is 17.1 Å². The quantitative estimate of drug-likeness (QED) is 0.375. The molecule has 1 heterocycles. The molecule has 0 radical (unpaired) electrons. The molecule has 0 saturated carbocycles. The molecule has 1 aliphatic rings. The normalized spacial score (nSPS) is 15.1. The topological polar surface area (TPSA) is 99.0 Å². The second-order valence-electron chi connectivity index (χ2n) is 5.89. The van der Waals surface area contributed by atoms with Crippen LogP contribution in [0.3, 0.4) is 0 Å². The van der Waals surface area contributed by atoms with Crippen molar-refractivity contribution in [3.05, 3.63) is 67.6 Å². The lowest BCUT2D eigenvalue weighted by molar-refractivity contribution is -0.385. The largest absolute Gasteiger partial charge is 0.493 e. The van der Waals surface area contributed by atoms with Crippen LogP contribution in [0.5, 0.6) is 11.5 Å². The highest BCUT2D eigenvalue weighted by atomic mass is 35.5. The van der Waals surface area contributed by atoms with Gasteiger partial charge in [-0.2, -0.15) is 0 Å². The van der Waals surface area contributed by atoms with Gasteiger partial charge in [0.15, 0.2) is 11.5 Å². The van der Waals surface area contributed by atoms with E-state index >= 15 is 0 Å². The molecular weight excluding hydrogens is 420 g/mol. The molecule has 150 valence electrons. The van der Waals surface area contributed by atoms with E-state index in [1.54, 1.807) is 18.2 Å². The van der Waals surface area contributed by atoms with Crippen molar-refractivity contribution in [1.82, 2.24) is 4.90 Å². The van der Waals surface area contributed by atoms with Crippen molar-refractivity contribution in [3.8, 4) is 11.5 Å². The molecule has 2 amide bonds. The summed E-state index contributed by atoms with van der Waals surface area (Å²) in [6.45, 7) is -0.189. The summed E-state index contributed by atoms with van der Waals surface area (Å²) >= 11 is 6.93. The van der Waals surface area contributed by atoms with Crippen LogP contribution in [-0.4, -0.2) is 35.2 Å². The van der Waals surface area contributed by atoms with Crippen molar-refractivity contribution >= 4 is 46.3 Å². The lowest BCUT2D eigenvalue weighted by atomic mass is 10.1. The predicted molar refractivity (Wildman–Crippen MR) is 109 cm³/mol. The van der Waals surface area contributed by atoms with Gasteiger partial charge in [0.2, 0.25) is 0 Å². The predicted octanol–water partition coefficient (Wildman–Crippen LogP) is 4.50. The van der Waals surface area contributed by atoms with Crippen LogP contribution >= 0.6 is 23.4 Å². The summed E-state index contributed by atoms with van der Waals surface area (Å²) in [7, 11) is 2.91. The third-order valence-corrected chi connectivity index (χ3v) is 5.33. The number of para-hydroxylation sites is 1. The van der Waals surface area contributed by atoms with Crippen LogP contribution in [0.25, 0.3) is 6.08 Å². The first-order valence-electron chi connectivity index (χ1n) is 8.25. The van der Waals surface area contributed by atoms with Crippen LogP contribution in [0.1, 0.15) is 11.1 Å². The maximum absolute atomic E-state index is 12.7. The van der Waals surface area contributed by atoms with Gasteiger partial charge in [0.25, 0.3) is 16.8 Å². The Labute approximate surface area is 175 Å². The molecule has 0 unspecified atom stereocenters. The summed E-state index contributed by atoms with van der Waals surface area (Å²) in [5.74, 6) is 0.199. The monoisotopic (exact) mass is 434 g/mol. The molecular formula is C19H15ClN2O6S. The van der Waals surface area contributed by atoms with Crippen molar-refractivity contribution in [2.24, 2.45) is 0 Å². The number of benzene rings is 2. The van der Waals surface area contributed by atoms with Gasteiger partial charge in [0.05, 0.1) is 35.6 Å². The maximum atomic E-state index is 12.7. The van der Waals surface area contributed by atoms with Gasteiger partial charge >= 0.3 is 0 Å². The minimum atomic E-state index is -0.546. The molecule has 2 aromatic rings. The number of nitrogens with zero attached hydrogens (tertiary/aromatic N) is 2. The van der Waals surface area contributed by atoms with Crippen LogP contribution in [-0.2, 0) is 11.3 Å². The molecule has 1 fully saturated rings. The van der Waals surface area contributed by atoms with E-state index in [-0.39, 0.29) is 27.7 Å². The molecule has 10 heteroatoms. The molecule has 29 heavy (non-hydrogen) atoms. The first-order valence-corrected chi connectivity index (χ1v) is 9.44. The van der Waals surface area contributed by atoms with E-state index in [9.17, 15) is 19.7 Å². The Morgan fingerprint density at radius 2 is 1.93 bits per heavy atom. The van der Waals surface area contributed by atoms with Crippen LogP contribution in [0, 0.1) is 10.1 Å². The van der Waals surface area contributed by atoms with Gasteiger partial charge < -0.3 is 9.47 Å². The Morgan fingerprint density at radius 1 is 1.21 bits per heavy atom. The number of halogens is 1. The molecule has 1 saturated heterocycles. The number of hydrogen-bond donors (Lipinski definition) is 0. The summed E-state index contributed by atoms with van der Waals surface area (Å²) in [6, 6.07) is 9.19. The number of carbonyl (C=O) groups is 2. The highest BCUT2D eigenvalue weighted by molar-refractivity contribution is 8.18. The van der Waals surface area contributed by atoms with Gasteiger partial charge in [0, 0.05) is 11.6 Å². The van der Waals surface area contributed by atoms with Gasteiger partial charge in [-0.25, -0.2) is 0 Å². The second kappa shape index (κ2) is 8.54. The number of amides is 2. The minimum Gasteiger partial charge on any atom is -0.493 e. The number of ether oxygens (including phenoxy) is 2. The SMILES string of the molecule is COc1cc(/C=C2\SC(=O)N(Cc3ccccc3[N+](=O)[O-])C2=O)cc(Cl)c1OC. The van der Waals surface area contributed by atoms with Gasteiger partial charge in [0.1, 0.15) is 0 Å². The van der Waals surface area contributed by atoms with Gasteiger partial charge in [-0.15, -0.1) is 0 Å². The van der Waals surface area contributed by atoms with E-state index in [1.165, 1.54) is 38.5 Å². The lowest BCUT2D eigenvalue weighted by Crippen LogP contribution is -2.27. The zero-order valence-corrected chi connectivity index (χ0v) is 17.0. The number of rotatable bonds is 6. The molecule has 1 aliphatic heterocycles. The number of carbonyl (C=O) groups excluding carboxylic acids is 2. The van der Waals surface area contributed by atoms with Crippen molar-refractivity contribution < 1.29 is 24.0 Å². The Hall–Kier alpha value is -3.04. The summed E-state index contributed by atoms with van der Waals surface area (Å²) in [5, 5.41) is 11.0. The van der Waals surface area contributed by atoms with Crippen molar-refractivity contribution in [1.29, 1.82) is 0 Å². The van der Waals surface area contributed by atoms with Gasteiger partial charge in [-0.1, -0.05) is 29.8 Å². The van der Waals surface area contributed by atoms with E-state index in [0.717, 1.165) is 16.7 Å². The van der Waals surface area contributed by atoms with E-state index in [1.807, 2.05) is 0 Å². The molecule has 0 bridgehead atoms. The number of hydrogen-bond acceptors (Lipinski definition) is 7. The Bertz CT molecular complexity index is 1040. The van der Waals surface area contributed by atoms with E-state index in [2.05, 4.69) is 0 Å². The number of imide groups is 1. The van der Waals surface area contributed by atoms with Crippen LogP contribution in [0.2, 0.25) is 5.02 Å². The summed E-state index contributed by atoms with van der Waals surface area (Å²) in [6.07, 6.45) is 1.51. The summed E-state index contributed by atoms with van der Waals surface area (Å²) in [5.41, 5.74) is 0.668. The Morgan fingerprint density at radius 3 is 2.59 bits per heavy atom. The first-order chi connectivity index (χ1) is 13.8. The Kier molecular flexibility index (Phi) is 6.09. The Balaban J connectivity index is 1.90. The number of nitro benzene ring substituents is 1. The maximum Gasteiger partial charge on any atom is 0.293 e. The fourth-order valence-electron chi connectivity index (χ4n) is 2.80. The molecule has 2 aromatic carbocycles. The molecule has 0 aliphatic carbocycles. The minimum absolute atomic E-state index is 0.151. The lowest BCUT2D eigenvalue weighted by Gasteiger charge is -2.12. The van der Waals surface area contributed by atoms with Gasteiger partial charge in [-0.3, -0.25) is 24.6 Å². The highest BCUT2D eigenvalue weighted by Gasteiger charge is 2.36. The van der Waals surface area contributed by atoms with Gasteiger partial charge in [-0.05, 0) is 35.5 Å². The average molecular weight is 435 g/mol. The highest BCUT2D eigenvalue weighted by Crippen LogP contribution is 2.39. The molecule has 3 rings (SSSR count). The van der Waals surface area contributed by atoms with Crippen LogP contribution < -0.4 is 9.47 Å². The zero-order chi connectivity index (χ0) is 21.1. The third kappa shape index (κ3) is 4.20. The molecule has 8 nitrogen and oxygen atoms in total. The fourth-order valence-corrected chi connectivity index (χ4v) is 3.94. The second-order valence-corrected chi connectivity index (χ2v) is 7.29. The molecule has 0 N–H and O–H groups in total. The van der Waals surface area contributed by atoms with Crippen molar-refractivity contribution in [3.63, 3.8) is 0 Å². The fraction of sp³-hybridized carbons (Fsp3) is 0.158. The van der Waals surface area contributed by atoms with Crippen molar-refractivity contribution in [2.75, 3.05) is 14.2 Å². The van der Waals surface area contributed by atoms with Crippen LogP contribution in [0.15, 0.2) is 41.3 Å². The van der Waals surface area contributed by atoms with E-state index < -0.39 is 16.1 Å². The molecule has 0 aromatic heterocycles. The summed E-state index contributed by atoms with van der Waals surface area (Å²) in [4.78, 5) is 36.9. The first kappa shape index (κ1) is 20.7. The number of thioether (sulfide) groups is 1. The number of nitro groups is 1. The van der Waals surface area contributed by atoms with Crippen LogP contribution in [0.4, 0.5) is 10.5 Å². The van der Waals surface area contributed by atoms with Crippen molar-refractivity contribution in [2.45, 2.75) is 6.54 Å².